The van der Waals surface area contributed by atoms with Crippen molar-refractivity contribution in [3.05, 3.63) is 50.5 Å². The number of aromatic amines is 1. The zero-order chi connectivity index (χ0) is 16.4. The molecule has 1 N–H and O–H groups in total. The van der Waals surface area contributed by atoms with Crippen molar-refractivity contribution in [2.75, 3.05) is 5.75 Å². The van der Waals surface area contributed by atoms with E-state index in [4.69, 9.17) is 23.2 Å². The van der Waals surface area contributed by atoms with Crippen LogP contribution in [-0.2, 0) is 6.54 Å². The van der Waals surface area contributed by atoms with E-state index in [-0.39, 0.29) is 10.8 Å². The highest BCUT2D eigenvalue weighted by Crippen LogP contribution is 2.23. The summed E-state index contributed by atoms with van der Waals surface area (Å²) in [5.41, 5.74) is 1.61. The summed E-state index contributed by atoms with van der Waals surface area (Å²) >= 11 is 13.7. The van der Waals surface area contributed by atoms with E-state index in [0.29, 0.717) is 27.9 Å². The minimum atomic E-state index is -0.270. The summed E-state index contributed by atoms with van der Waals surface area (Å²) in [6, 6.07) is 7.37. The zero-order valence-electron chi connectivity index (χ0n) is 12.3. The van der Waals surface area contributed by atoms with Crippen LogP contribution in [0.5, 0.6) is 0 Å². The normalized spacial score (nSPS) is 11.3. The van der Waals surface area contributed by atoms with Crippen LogP contribution in [0.3, 0.4) is 0 Å². The first-order valence-corrected chi connectivity index (χ1v) is 8.86. The molecule has 0 aliphatic carbocycles. The second-order valence-corrected chi connectivity index (χ2v) is 6.85. The minimum absolute atomic E-state index is 0.260. The third-order valence-electron chi connectivity index (χ3n) is 3.22. The first-order valence-electron chi connectivity index (χ1n) is 7.11. The van der Waals surface area contributed by atoms with Crippen LogP contribution in [0.25, 0.3) is 11.2 Å². The lowest BCUT2D eigenvalue weighted by molar-refractivity contribution is 0.771. The van der Waals surface area contributed by atoms with Gasteiger partial charge >= 0.3 is 5.69 Å². The second-order valence-electron chi connectivity index (χ2n) is 4.99. The van der Waals surface area contributed by atoms with E-state index in [1.54, 1.807) is 10.6 Å². The van der Waals surface area contributed by atoms with Gasteiger partial charge in [-0.1, -0.05) is 54.0 Å². The molecule has 0 fully saturated rings. The summed E-state index contributed by atoms with van der Waals surface area (Å²) in [5, 5.41) is 1.46. The molecule has 3 rings (SSSR count). The van der Waals surface area contributed by atoms with Crippen LogP contribution in [0.15, 0.2) is 34.2 Å². The van der Waals surface area contributed by atoms with E-state index in [0.717, 1.165) is 17.7 Å². The average Bonchev–Trinajstić information content (AvgIpc) is 2.83. The van der Waals surface area contributed by atoms with E-state index < -0.39 is 0 Å². The van der Waals surface area contributed by atoms with E-state index in [1.165, 1.54) is 11.8 Å². The van der Waals surface area contributed by atoms with Gasteiger partial charge in [0.2, 0.25) is 0 Å². The van der Waals surface area contributed by atoms with Gasteiger partial charge in [-0.25, -0.2) is 14.8 Å². The van der Waals surface area contributed by atoms with Gasteiger partial charge in [-0.15, -0.1) is 0 Å². The fourth-order valence-corrected chi connectivity index (χ4v) is 3.37. The molecule has 0 aliphatic rings. The third-order valence-corrected chi connectivity index (χ3v) is 4.78. The maximum absolute atomic E-state index is 12.2. The lowest BCUT2D eigenvalue weighted by Gasteiger charge is -2.05. The Morgan fingerprint density at radius 1 is 1.30 bits per heavy atom. The standard InChI is InChI=1S/C15H14Cl2N4OS/c1-2-6-23-14-19-12(17)11-13(20-14)21(15(22)18-11)8-9-4-3-5-10(16)7-9/h3-5,7H,2,6,8H2,1H3,(H,18,22). The van der Waals surface area contributed by atoms with Crippen molar-refractivity contribution in [3.8, 4) is 0 Å². The van der Waals surface area contributed by atoms with Crippen LogP contribution in [0.4, 0.5) is 0 Å². The number of benzene rings is 1. The summed E-state index contributed by atoms with van der Waals surface area (Å²) < 4.78 is 1.55. The number of thioether (sulfide) groups is 1. The summed E-state index contributed by atoms with van der Waals surface area (Å²) in [6.07, 6.45) is 1.01. The number of imidazole rings is 1. The summed E-state index contributed by atoms with van der Waals surface area (Å²) in [6.45, 7) is 2.45. The van der Waals surface area contributed by atoms with Gasteiger partial charge in [0.25, 0.3) is 0 Å². The van der Waals surface area contributed by atoms with Gasteiger partial charge < -0.3 is 4.98 Å². The first kappa shape index (κ1) is 16.4. The van der Waals surface area contributed by atoms with Crippen LogP contribution in [0.1, 0.15) is 18.9 Å². The number of hydrogen-bond donors (Lipinski definition) is 1. The molecule has 23 heavy (non-hydrogen) atoms. The molecule has 0 spiro atoms. The molecule has 1 aromatic carbocycles. The number of halogens is 2. The van der Waals surface area contributed by atoms with Gasteiger partial charge in [0.15, 0.2) is 16.0 Å². The van der Waals surface area contributed by atoms with Gasteiger partial charge in [-0.3, -0.25) is 4.57 Å². The fraction of sp³-hybridized carbons (Fsp3) is 0.267. The Kier molecular flexibility index (Phi) is 4.94. The van der Waals surface area contributed by atoms with E-state index >= 15 is 0 Å². The highest BCUT2D eigenvalue weighted by molar-refractivity contribution is 7.99. The number of fused-ring (bicyclic) bond motifs is 1. The Morgan fingerprint density at radius 3 is 2.87 bits per heavy atom. The molecular weight excluding hydrogens is 355 g/mol. The lowest BCUT2D eigenvalue weighted by atomic mass is 10.2. The van der Waals surface area contributed by atoms with E-state index in [1.807, 2.05) is 18.2 Å². The maximum atomic E-state index is 12.2. The van der Waals surface area contributed by atoms with E-state index in [2.05, 4.69) is 21.9 Å². The summed E-state index contributed by atoms with van der Waals surface area (Å²) in [7, 11) is 0. The number of rotatable bonds is 5. The van der Waals surface area contributed by atoms with Crippen molar-refractivity contribution in [3.63, 3.8) is 0 Å². The molecule has 0 saturated heterocycles. The van der Waals surface area contributed by atoms with Crippen LogP contribution in [-0.4, -0.2) is 25.3 Å². The molecule has 0 saturated carbocycles. The van der Waals surface area contributed by atoms with Crippen LogP contribution in [0, 0.1) is 0 Å². The number of hydrogen-bond acceptors (Lipinski definition) is 4. The maximum Gasteiger partial charge on any atom is 0.328 e. The molecule has 0 unspecified atom stereocenters. The van der Waals surface area contributed by atoms with E-state index in [9.17, 15) is 4.79 Å². The van der Waals surface area contributed by atoms with Crippen LogP contribution < -0.4 is 5.69 Å². The molecule has 5 nitrogen and oxygen atoms in total. The quantitative estimate of drug-likeness (QED) is 0.420. The number of H-pyrrole nitrogens is 1. The largest absolute Gasteiger partial charge is 0.328 e. The lowest BCUT2D eigenvalue weighted by Crippen LogP contribution is -2.17. The predicted molar refractivity (Wildman–Crippen MR) is 94.7 cm³/mol. The first-order chi connectivity index (χ1) is 11.1. The molecule has 0 aliphatic heterocycles. The van der Waals surface area contributed by atoms with Gasteiger partial charge in [-0.05, 0) is 24.1 Å². The highest BCUT2D eigenvalue weighted by Gasteiger charge is 2.15. The number of nitrogens with one attached hydrogen (secondary N) is 1. The van der Waals surface area contributed by atoms with Crippen LogP contribution >= 0.6 is 35.0 Å². The molecular formula is C15H14Cl2N4OS. The molecule has 0 amide bonds. The van der Waals surface area contributed by atoms with Gasteiger partial charge in [0.1, 0.15) is 5.52 Å². The molecule has 120 valence electrons. The SMILES string of the molecule is CCCSc1nc(Cl)c2[nH]c(=O)n(Cc3cccc(Cl)c3)c2n1. The van der Waals surface area contributed by atoms with Gasteiger partial charge in [0.05, 0.1) is 6.54 Å². The van der Waals surface area contributed by atoms with Crippen molar-refractivity contribution in [2.45, 2.75) is 25.0 Å². The van der Waals surface area contributed by atoms with Crippen molar-refractivity contribution < 1.29 is 0 Å². The zero-order valence-corrected chi connectivity index (χ0v) is 14.7. The van der Waals surface area contributed by atoms with Crippen molar-refractivity contribution in [2.24, 2.45) is 0 Å². The van der Waals surface area contributed by atoms with Gasteiger partial charge in [-0.2, -0.15) is 0 Å². The Balaban J connectivity index is 2.06. The summed E-state index contributed by atoms with van der Waals surface area (Å²) in [4.78, 5) is 23.7. The molecule has 2 heterocycles. The predicted octanol–water partition coefficient (Wildman–Crippen LogP) is 3.98. The molecule has 8 heteroatoms. The second kappa shape index (κ2) is 6.95. The van der Waals surface area contributed by atoms with Gasteiger partial charge in [0, 0.05) is 10.8 Å². The molecule has 0 atom stereocenters. The molecule has 0 bridgehead atoms. The van der Waals surface area contributed by atoms with Crippen molar-refractivity contribution >= 4 is 46.1 Å². The Bertz CT molecular complexity index is 906. The average molecular weight is 369 g/mol. The summed E-state index contributed by atoms with van der Waals surface area (Å²) in [5.74, 6) is 0.894. The minimum Gasteiger partial charge on any atom is -0.302 e. The topological polar surface area (TPSA) is 63.6 Å². The Labute approximate surface area is 147 Å². The van der Waals surface area contributed by atoms with Crippen LogP contribution in [0.2, 0.25) is 10.2 Å². The molecule has 0 radical (unpaired) electrons. The van der Waals surface area contributed by atoms with Crippen molar-refractivity contribution in [1.29, 1.82) is 0 Å². The number of nitrogens with zero attached hydrogens (tertiary/aromatic N) is 3. The third kappa shape index (κ3) is 3.54. The molecule has 2 aromatic heterocycles. The van der Waals surface area contributed by atoms with Crippen molar-refractivity contribution in [1.82, 2.24) is 19.5 Å². The monoisotopic (exact) mass is 368 g/mol. The number of aromatic nitrogens is 4. The Hall–Kier alpha value is -1.50. The fourth-order valence-electron chi connectivity index (χ4n) is 2.20. The smallest absolute Gasteiger partial charge is 0.302 e. The Morgan fingerprint density at radius 2 is 2.13 bits per heavy atom. The molecule has 3 aromatic rings. The highest BCUT2D eigenvalue weighted by atomic mass is 35.5.